The van der Waals surface area contributed by atoms with Crippen LogP contribution in [0.2, 0.25) is 0 Å². The summed E-state index contributed by atoms with van der Waals surface area (Å²) in [6.45, 7) is 4.92. The Morgan fingerprint density at radius 1 is 1.58 bits per heavy atom. The number of thioether (sulfide) groups is 1. The fourth-order valence-corrected chi connectivity index (χ4v) is 3.53. The molecule has 0 spiro atoms. The molecule has 1 amide bonds. The first-order valence-electron chi connectivity index (χ1n) is 6.72. The number of carbonyl (C=O) groups excluding carboxylic acids is 1. The summed E-state index contributed by atoms with van der Waals surface area (Å²) < 4.78 is 0. The summed E-state index contributed by atoms with van der Waals surface area (Å²) in [6.07, 6.45) is 4.03. The van der Waals surface area contributed by atoms with Gasteiger partial charge in [-0.15, -0.1) is 0 Å². The van der Waals surface area contributed by atoms with Crippen LogP contribution in [-0.4, -0.2) is 34.9 Å². The number of nitrogens with zero attached hydrogens (tertiary/aromatic N) is 1. The van der Waals surface area contributed by atoms with Gasteiger partial charge in [-0.05, 0) is 54.2 Å². The molecular weight excluding hydrogens is 276 g/mol. The minimum absolute atomic E-state index is 0.0468. The Balaban J connectivity index is 2.17. The van der Waals surface area contributed by atoms with Gasteiger partial charge in [0.2, 0.25) is 5.91 Å². The zero-order valence-corrected chi connectivity index (χ0v) is 13.4. The first-order chi connectivity index (χ1) is 9.12. The maximum atomic E-state index is 12.6. The molecule has 0 bridgehead atoms. The van der Waals surface area contributed by atoms with Crippen LogP contribution < -0.4 is 5.32 Å². The highest BCUT2D eigenvalue weighted by molar-refractivity contribution is 7.98. The highest BCUT2D eigenvalue weighted by atomic mass is 32.2. The van der Waals surface area contributed by atoms with E-state index in [0.717, 1.165) is 25.1 Å². The lowest BCUT2D eigenvalue weighted by molar-refractivity contribution is -0.133. The van der Waals surface area contributed by atoms with Crippen molar-refractivity contribution in [1.82, 2.24) is 10.2 Å². The Morgan fingerprint density at radius 3 is 2.95 bits per heavy atom. The number of hydrogen-bond acceptors (Lipinski definition) is 4. The molecule has 0 radical (unpaired) electrons. The standard InChI is InChI=1S/C14H22N2OS2/c1-4-14(2)13(17)16(7-5-8-18-3)12(15-14)11-6-9-19-10-11/h6,9-10,12,15H,4-5,7-8H2,1-3H3. The zero-order valence-electron chi connectivity index (χ0n) is 11.8. The van der Waals surface area contributed by atoms with E-state index in [1.807, 2.05) is 23.6 Å². The summed E-state index contributed by atoms with van der Waals surface area (Å²) in [7, 11) is 0. The number of hydrogen-bond donors (Lipinski definition) is 1. The van der Waals surface area contributed by atoms with Gasteiger partial charge < -0.3 is 4.90 Å². The van der Waals surface area contributed by atoms with E-state index in [9.17, 15) is 4.79 Å². The monoisotopic (exact) mass is 298 g/mol. The quantitative estimate of drug-likeness (QED) is 0.819. The number of thiophene rings is 1. The predicted octanol–water partition coefficient (Wildman–Crippen LogP) is 3.10. The van der Waals surface area contributed by atoms with E-state index in [1.165, 1.54) is 5.56 Å². The van der Waals surface area contributed by atoms with Crippen molar-refractivity contribution >= 4 is 29.0 Å². The second kappa shape index (κ2) is 6.29. The van der Waals surface area contributed by atoms with E-state index >= 15 is 0 Å². The lowest BCUT2D eigenvalue weighted by Crippen LogP contribution is -2.43. The van der Waals surface area contributed by atoms with Crippen molar-refractivity contribution < 1.29 is 4.79 Å². The van der Waals surface area contributed by atoms with Gasteiger partial charge in [0.25, 0.3) is 0 Å². The summed E-state index contributed by atoms with van der Waals surface area (Å²) in [6, 6.07) is 2.11. The molecule has 2 heterocycles. The largest absolute Gasteiger partial charge is 0.321 e. The molecule has 1 aromatic rings. The van der Waals surface area contributed by atoms with Crippen molar-refractivity contribution in [2.24, 2.45) is 0 Å². The van der Waals surface area contributed by atoms with Crippen molar-refractivity contribution in [1.29, 1.82) is 0 Å². The Labute approximate surface area is 123 Å². The molecule has 3 nitrogen and oxygen atoms in total. The van der Waals surface area contributed by atoms with Crippen molar-refractivity contribution in [2.75, 3.05) is 18.6 Å². The molecule has 2 unspecified atom stereocenters. The highest BCUT2D eigenvalue weighted by Gasteiger charge is 2.46. The first-order valence-corrected chi connectivity index (χ1v) is 9.06. The minimum atomic E-state index is -0.411. The molecule has 0 aromatic carbocycles. The molecule has 1 aromatic heterocycles. The van der Waals surface area contributed by atoms with E-state index in [0.29, 0.717) is 0 Å². The Hall–Kier alpha value is -0.520. The predicted molar refractivity (Wildman–Crippen MR) is 83.6 cm³/mol. The first kappa shape index (κ1) is 14.9. The van der Waals surface area contributed by atoms with Crippen molar-refractivity contribution in [3.8, 4) is 0 Å². The van der Waals surface area contributed by atoms with Crippen LogP contribution in [0.1, 0.15) is 38.4 Å². The van der Waals surface area contributed by atoms with E-state index in [4.69, 9.17) is 0 Å². The second-order valence-corrected chi connectivity index (χ2v) is 6.90. The molecule has 2 rings (SSSR count). The van der Waals surface area contributed by atoms with Crippen LogP contribution in [-0.2, 0) is 4.79 Å². The summed E-state index contributed by atoms with van der Waals surface area (Å²) >= 11 is 3.52. The summed E-state index contributed by atoms with van der Waals surface area (Å²) in [5.74, 6) is 1.34. The molecule has 0 aliphatic carbocycles. The van der Waals surface area contributed by atoms with Gasteiger partial charge in [-0.1, -0.05) is 6.92 Å². The Bertz CT molecular complexity index is 421. The number of nitrogens with one attached hydrogen (secondary N) is 1. The lowest BCUT2D eigenvalue weighted by atomic mass is 9.99. The maximum absolute atomic E-state index is 12.6. The van der Waals surface area contributed by atoms with Crippen LogP contribution in [0.4, 0.5) is 0 Å². The van der Waals surface area contributed by atoms with E-state index in [1.54, 1.807) is 11.3 Å². The molecular formula is C14H22N2OS2. The molecule has 2 atom stereocenters. The van der Waals surface area contributed by atoms with Crippen LogP contribution in [0.3, 0.4) is 0 Å². The average Bonchev–Trinajstić information content (AvgIpc) is 3.01. The van der Waals surface area contributed by atoms with Crippen LogP contribution >= 0.6 is 23.1 Å². The molecule has 0 saturated carbocycles. The normalized spacial score (nSPS) is 27.2. The molecule has 1 aliphatic heterocycles. The Morgan fingerprint density at radius 2 is 2.37 bits per heavy atom. The molecule has 19 heavy (non-hydrogen) atoms. The number of carbonyl (C=O) groups is 1. The molecule has 1 fully saturated rings. The third-order valence-corrected chi connectivity index (χ3v) is 5.21. The van der Waals surface area contributed by atoms with Gasteiger partial charge >= 0.3 is 0 Å². The molecule has 1 aliphatic rings. The van der Waals surface area contributed by atoms with Crippen molar-refractivity contribution in [2.45, 2.75) is 38.4 Å². The van der Waals surface area contributed by atoms with Crippen molar-refractivity contribution in [3.05, 3.63) is 22.4 Å². The maximum Gasteiger partial charge on any atom is 0.244 e. The third-order valence-electron chi connectivity index (χ3n) is 3.81. The van der Waals surface area contributed by atoms with Gasteiger partial charge in [0.1, 0.15) is 6.17 Å². The van der Waals surface area contributed by atoms with Crippen LogP contribution in [0.5, 0.6) is 0 Å². The van der Waals surface area contributed by atoms with Crippen LogP contribution in [0.25, 0.3) is 0 Å². The van der Waals surface area contributed by atoms with E-state index < -0.39 is 5.54 Å². The summed E-state index contributed by atoms with van der Waals surface area (Å²) in [5, 5.41) is 7.73. The Kier molecular flexibility index (Phi) is 4.92. The zero-order chi connectivity index (χ0) is 13.9. The third kappa shape index (κ3) is 2.98. The molecule has 106 valence electrons. The van der Waals surface area contributed by atoms with Crippen LogP contribution in [0, 0.1) is 0 Å². The topological polar surface area (TPSA) is 32.3 Å². The molecule has 1 saturated heterocycles. The van der Waals surface area contributed by atoms with Gasteiger partial charge in [-0.2, -0.15) is 23.1 Å². The van der Waals surface area contributed by atoms with Gasteiger partial charge in [0.05, 0.1) is 5.54 Å². The van der Waals surface area contributed by atoms with Gasteiger partial charge in [0, 0.05) is 6.54 Å². The van der Waals surface area contributed by atoms with E-state index in [2.05, 4.69) is 35.3 Å². The molecule has 5 heteroatoms. The second-order valence-electron chi connectivity index (χ2n) is 5.13. The minimum Gasteiger partial charge on any atom is -0.321 e. The van der Waals surface area contributed by atoms with Gasteiger partial charge in [0.15, 0.2) is 0 Å². The van der Waals surface area contributed by atoms with E-state index in [-0.39, 0.29) is 12.1 Å². The smallest absolute Gasteiger partial charge is 0.244 e. The van der Waals surface area contributed by atoms with Gasteiger partial charge in [-0.25, -0.2) is 0 Å². The number of amides is 1. The lowest BCUT2D eigenvalue weighted by Gasteiger charge is -2.23. The van der Waals surface area contributed by atoms with Crippen molar-refractivity contribution in [3.63, 3.8) is 0 Å². The number of rotatable bonds is 6. The van der Waals surface area contributed by atoms with Gasteiger partial charge in [-0.3, -0.25) is 10.1 Å². The highest BCUT2D eigenvalue weighted by Crippen LogP contribution is 2.33. The summed E-state index contributed by atoms with van der Waals surface area (Å²) in [4.78, 5) is 14.6. The molecule has 1 N–H and O–H groups in total. The van der Waals surface area contributed by atoms with Crippen LogP contribution in [0.15, 0.2) is 16.8 Å². The summed E-state index contributed by atoms with van der Waals surface area (Å²) in [5.41, 5.74) is 0.797. The fraction of sp³-hybridized carbons (Fsp3) is 0.643. The fourth-order valence-electron chi connectivity index (χ4n) is 2.43. The average molecular weight is 298 g/mol. The SMILES string of the molecule is CCC1(C)NC(c2ccsc2)N(CCCSC)C1=O.